The van der Waals surface area contributed by atoms with Gasteiger partial charge in [-0.15, -0.1) is 0 Å². The molecule has 0 unspecified atom stereocenters. The van der Waals surface area contributed by atoms with Crippen LogP contribution in [0.25, 0.3) is 33.4 Å². The molecule has 1 aliphatic rings. The Morgan fingerprint density at radius 3 is 2.41 bits per heavy atom. The third kappa shape index (κ3) is 3.72. The van der Waals surface area contributed by atoms with Crippen LogP contribution in [0.5, 0.6) is 0 Å². The van der Waals surface area contributed by atoms with Gasteiger partial charge < -0.3 is 20.1 Å². The Labute approximate surface area is 194 Å². The highest BCUT2D eigenvalue weighted by atomic mass is 35.5. The van der Waals surface area contributed by atoms with E-state index in [1.807, 2.05) is 13.1 Å². The minimum atomic E-state index is 0.702. The molecule has 1 aliphatic heterocycles. The maximum atomic E-state index is 6.67. The number of aryl methyl sites for hydroxylation is 1. The molecule has 0 aliphatic carbocycles. The van der Waals surface area contributed by atoms with Crippen LogP contribution in [0.1, 0.15) is 5.56 Å². The number of hydrogen-bond acceptors (Lipinski definition) is 4. The highest BCUT2D eigenvalue weighted by Gasteiger charge is 2.20. The number of aromatic nitrogens is 2. The Morgan fingerprint density at radius 2 is 1.69 bits per heavy atom. The smallest absolute Gasteiger partial charge is 0.139 e. The van der Waals surface area contributed by atoms with E-state index in [2.05, 4.69) is 81.5 Å². The van der Waals surface area contributed by atoms with Gasteiger partial charge in [-0.3, -0.25) is 0 Å². The predicted octanol–water partition coefficient (Wildman–Crippen LogP) is 5.65. The van der Waals surface area contributed by atoms with Gasteiger partial charge in [0.15, 0.2) is 0 Å². The Balaban J connectivity index is 1.62. The highest BCUT2D eigenvalue weighted by molar-refractivity contribution is 6.36. The van der Waals surface area contributed by atoms with Gasteiger partial charge in [0, 0.05) is 61.7 Å². The van der Waals surface area contributed by atoms with Crippen LogP contribution in [0.2, 0.25) is 5.02 Å². The predicted molar refractivity (Wildman–Crippen MR) is 136 cm³/mol. The summed E-state index contributed by atoms with van der Waals surface area (Å²) >= 11 is 6.67. The number of nitrogens with zero attached hydrogens (tertiary/aromatic N) is 3. The fourth-order valence-corrected chi connectivity index (χ4v) is 4.77. The number of rotatable bonds is 4. The molecule has 0 bridgehead atoms. The van der Waals surface area contributed by atoms with E-state index >= 15 is 0 Å². The third-order valence-electron chi connectivity index (χ3n) is 6.46. The second kappa shape index (κ2) is 8.49. The number of likely N-dealkylation sites (N-methyl/N-ethyl adjacent to an activating group) is 1. The number of aromatic amines is 1. The van der Waals surface area contributed by atoms with E-state index in [9.17, 15) is 0 Å². The second-order valence-electron chi connectivity index (χ2n) is 8.51. The van der Waals surface area contributed by atoms with Crippen molar-refractivity contribution in [1.82, 2.24) is 14.9 Å². The maximum Gasteiger partial charge on any atom is 0.139 e. The molecule has 2 aromatic carbocycles. The zero-order valence-electron chi connectivity index (χ0n) is 18.7. The Morgan fingerprint density at radius 1 is 0.969 bits per heavy atom. The number of halogens is 1. The van der Waals surface area contributed by atoms with Gasteiger partial charge in [0.1, 0.15) is 5.65 Å². The topological polar surface area (TPSA) is 47.2 Å². The number of fused-ring (bicyclic) bond motifs is 1. The van der Waals surface area contributed by atoms with Crippen molar-refractivity contribution in [1.29, 1.82) is 0 Å². The largest absolute Gasteiger partial charge is 0.388 e. The normalized spacial score (nSPS) is 14.8. The van der Waals surface area contributed by atoms with E-state index in [1.54, 1.807) is 6.20 Å². The van der Waals surface area contributed by atoms with Crippen LogP contribution < -0.4 is 10.2 Å². The summed E-state index contributed by atoms with van der Waals surface area (Å²) in [6, 6.07) is 17.2. The van der Waals surface area contributed by atoms with Gasteiger partial charge in [-0.05, 0) is 54.9 Å². The van der Waals surface area contributed by atoms with Crippen LogP contribution in [0, 0.1) is 6.92 Å². The molecule has 164 valence electrons. The van der Waals surface area contributed by atoms with Crippen LogP contribution in [-0.2, 0) is 0 Å². The summed E-state index contributed by atoms with van der Waals surface area (Å²) in [7, 11) is 4.13. The monoisotopic (exact) mass is 445 g/mol. The van der Waals surface area contributed by atoms with E-state index in [1.165, 1.54) is 11.3 Å². The van der Waals surface area contributed by atoms with Crippen molar-refractivity contribution < 1.29 is 0 Å². The molecule has 1 fully saturated rings. The minimum absolute atomic E-state index is 0.702. The van der Waals surface area contributed by atoms with Crippen LogP contribution >= 0.6 is 11.6 Å². The molecule has 1 saturated heterocycles. The zero-order chi connectivity index (χ0) is 22.2. The summed E-state index contributed by atoms with van der Waals surface area (Å²) < 4.78 is 0. The van der Waals surface area contributed by atoms with E-state index in [4.69, 9.17) is 11.6 Å². The third-order valence-corrected chi connectivity index (χ3v) is 6.78. The molecule has 0 saturated carbocycles. The Hall–Kier alpha value is -3.02. The molecule has 32 heavy (non-hydrogen) atoms. The van der Waals surface area contributed by atoms with Gasteiger partial charge in [-0.2, -0.15) is 0 Å². The molecule has 0 atom stereocenters. The average molecular weight is 446 g/mol. The lowest BCUT2D eigenvalue weighted by atomic mass is 9.97. The van der Waals surface area contributed by atoms with Crippen LogP contribution in [0.3, 0.4) is 0 Å². The molecular weight excluding hydrogens is 418 g/mol. The molecular formula is C26H28ClN5. The fourth-order valence-electron chi connectivity index (χ4n) is 4.53. The van der Waals surface area contributed by atoms with Gasteiger partial charge in [-0.1, -0.05) is 35.9 Å². The van der Waals surface area contributed by atoms with Gasteiger partial charge in [0.05, 0.1) is 10.7 Å². The average Bonchev–Trinajstić information content (AvgIpc) is 3.21. The molecule has 3 heterocycles. The number of anilines is 2. The van der Waals surface area contributed by atoms with Crippen LogP contribution in [-0.4, -0.2) is 55.1 Å². The van der Waals surface area contributed by atoms with Crippen LogP contribution in [0.15, 0.2) is 54.7 Å². The lowest BCUT2D eigenvalue weighted by Gasteiger charge is -2.34. The van der Waals surface area contributed by atoms with Crippen molar-refractivity contribution in [3.8, 4) is 22.4 Å². The molecule has 6 heteroatoms. The first-order valence-electron chi connectivity index (χ1n) is 11.0. The number of hydrogen-bond donors (Lipinski definition) is 2. The van der Waals surface area contributed by atoms with Crippen molar-refractivity contribution in [3.63, 3.8) is 0 Å². The first kappa shape index (κ1) is 20.9. The van der Waals surface area contributed by atoms with Crippen molar-refractivity contribution in [3.05, 3.63) is 65.3 Å². The van der Waals surface area contributed by atoms with Crippen molar-refractivity contribution >= 4 is 34.0 Å². The number of benzene rings is 2. The number of pyridine rings is 1. The lowest BCUT2D eigenvalue weighted by Crippen LogP contribution is -2.44. The van der Waals surface area contributed by atoms with Gasteiger partial charge >= 0.3 is 0 Å². The summed E-state index contributed by atoms with van der Waals surface area (Å²) in [5.74, 6) is 0. The molecule has 5 rings (SSSR count). The quantitative estimate of drug-likeness (QED) is 0.426. The van der Waals surface area contributed by atoms with Crippen molar-refractivity contribution in [2.24, 2.45) is 0 Å². The standard InChI is InChI=1S/C26H28ClN5/c1-17-4-5-19(16-22(17)28-2)23-24-21(27)10-11-29-26(24)30-25(23)18-6-8-20(9-7-18)32-14-12-31(3)13-15-32/h4-11,16,28H,12-15H2,1-3H3,(H,29,30). The molecule has 5 nitrogen and oxygen atoms in total. The fraction of sp³-hybridized carbons (Fsp3) is 0.269. The first-order valence-corrected chi connectivity index (χ1v) is 11.4. The summed E-state index contributed by atoms with van der Waals surface area (Å²) in [5.41, 5.74) is 8.74. The highest BCUT2D eigenvalue weighted by Crippen LogP contribution is 2.42. The van der Waals surface area contributed by atoms with Gasteiger partial charge in [-0.25, -0.2) is 4.98 Å². The summed E-state index contributed by atoms with van der Waals surface area (Å²) in [4.78, 5) is 12.9. The number of H-pyrrole nitrogens is 1. The van der Waals surface area contributed by atoms with E-state index in [-0.39, 0.29) is 0 Å². The first-order chi connectivity index (χ1) is 15.5. The molecule has 0 radical (unpaired) electrons. The van der Waals surface area contributed by atoms with Gasteiger partial charge in [0.25, 0.3) is 0 Å². The maximum absolute atomic E-state index is 6.67. The zero-order valence-corrected chi connectivity index (χ0v) is 19.5. The summed E-state index contributed by atoms with van der Waals surface area (Å²) in [6.07, 6.45) is 1.75. The SMILES string of the molecule is CNc1cc(-c2c(-c3ccc(N4CCN(C)CC4)cc3)[nH]c3nccc(Cl)c23)ccc1C. The Bertz CT molecular complexity index is 1250. The van der Waals surface area contributed by atoms with Crippen LogP contribution in [0.4, 0.5) is 11.4 Å². The molecule has 2 N–H and O–H groups in total. The van der Waals surface area contributed by atoms with E-state index < -0.39 is 0 Å². The lowest BCUT2D eigenvalue weighted by molar-refractivity contribution is 0.313. The van der Waals surface area contributed by atoms with E-state index in [0.29, 0.717) is 5.02 Å². The summed E-state index contributed by atoms with van der Waals surface area (Å²) in [6.45, 7) is 6.42. The van der Waals surface area contributed by atoms with Crippen molar-refractivity contribution in [2.75, 3.05) is 50.5 Å². The molecule has 2 aromatic heterocycles. The second-order valence-corrected chi connectivity index (χ2v) is 8.92. The Kier molecular flexibility index (Phi) is 5.53. The van der Waals surface area contributed by atoms with Crippen molar-refractivity contribution in [2.45, 2.75) is 6.92 Å². The number of nitrogens with one attached hydrogen (secondary N) is 2. The van der Waals surface area contributed by atoms with Gasteiger partial charge in [0.2, 0.25) is 0 Å². The van der Waals surface area contributed by atoms with E-state index in [0.717, 1.165) is 65.3 Å². The molecule has 4 aromatic rings. The molecule has 0 amide bonds. The minimum Gasteiger partial charge on any atom is -0.388 e. The molecule has 0 spiro atoms. The number of piperazine rings is 1. The summed E-state index contributed by atoms with van der Waals surface area (Å²) in [5, 5.41) is 4.96.